The SMILES string of the molecule is COc1ccc(NC(=O)c2ccc(C(=O)Nc3ccc(OC)c(OC)c3)cc2)cc1OC. The Balaban J connectivity index is 1.68. The van der Waals surface area contributed by atoms with Crippen LogP contribution >= 0.6 is 0 Å². The van der Waals surface area contributed by atoms with Gasteiger partial charge in [-0.2, -0.15) is 0 Å². The fraction of sp³-hybridized carbons (Fsp3) is 0.167. The van der Waals surface area contributed by atoms with Gasteiger partial charge in [-0.3, -0.25) is 9.59 Å². The van der Waals surface area contributed by atoms with Gasteiger partial charge in [-0.05, 0) is 48.5 Å². The molecule has 3 aromatic carbocycles. The lowest BCUT2D eigenvalue weighted by atomic mass is 10.1. The highest BCUT2D eigenvalue weighted by Gasteiger charge is 2.12. The first kappa shape index (κ1) is 22.5. The van der Waals surface area contributed by atoms with Crippen LogP contribution in [0.3, 0.4) is 0 Å². The molecular formula is C24H24N2O6. The number of benzene rings is 3. The van der Waals surface area contributed by atoms with Crippen LogP contribution in [0.4, 0.5) is 11.4 Å². The summed E-state index contributed by atoms with van der Waals surface area (Å²) in [6.07, 6.45) is 0. The normalized spacial score (nSPS) is 10.1. The van der Waals surface area contributed by atoms with Crippen molar-refractivity contribution in [2.24, 2.45) is 0 Å². The molecule has 8 nitrogen and oxygen atoms in total. The van der Waals surface area contributed by atoms with E-state index in [-0.39, 0.29) is 11.8 Å². The second kappa shape index (κ2) is 10.2. The summed E-state index contributed by atoms with van der Waals surface area (Å²) in [6, 6.07) is 16.5. The first-order valence-corrected chi connectivity index (χ1v) is 9.66. The predicted octanol–water partition coefficient (Wildman–Crippen LogP) is 4.23. The Morgan fingerprint density at radius 3 is 1.19 bits per heavy atom. The lowest BCUT2D eigenvalue weighted by molar-refractivity contribution is 0.101. The zero-order valence-electron chi connectivity index (χ0n) is 18.2. The van der Waals surface area contributed by atoms with Crippen molar-refractivity contribution in [3.05, 3.63) is 71.8 Å². The van der Waals surface area contributed by atoms with Gasteiger partial charge in [0.05, 0.1) is 28.4 Å². The van der Waals surface area contributed by atoms with E-state index in [1.165, 1.54) is 14.2 Å². The molecule has 0 radical (unpaired) electrons. The standard InChI is InChI=1S/C24H24N2O6/c1-29-19-11-9-17(13-21(19)31-3)25-23(27)15-5-7-16(8-6-15)24(28)26-18-10-12-20(30-2)22(14-18)32-4/h5-14H,1-4H3,(H,25,27)(H,26,28). The summed E-state index contributed by atoms with van der Waals surface area (Å²) in [6.45, 7) is 0. The van der Waals surface area contributed by atoms with Crippen molar-refractivity contribution in [1.82, 2.24) is 0 Å². The van der Waals surface area contributed by atoms with Gasteiger partial charge in [0.25, 0.3) is 11.8 Å². The van der Waals surface area contributed by atoms with Gasteiger partial charge in [0, 0.05) is 34.6 Å². The molecule has 0 aromatic heterocycles. The summed E-state index contributed by atoms with van der Waals surface area (Å²) >= 11 is 0. The minimum absolute atomic E-state index is 0.316. The van der Waals surface area contributed by atoms with Crippen LogP contribution in [0.15, 0.2) is 60.7 Å². The van der Waals surface area contributed by atoms with Gasteiger partial charge >= 0.3 is 0 Å². The van der Waals surface area contributed by atoms with Gasteiger partial charge in [0.2, 0.25) is 0 Å². The van der Waals surface area contributed by atoms with Crippen molar-refractivity contribution >= 4 is 23.2 Å². The summed E-state index contributed by atoms with van der Waals surface area (Å²) < 4.78 is 20.9. The van der Waals surface area contributed by atoms with Gasteiger partial charge in [-0.15, -0.1) is 0 Å². The van der Waals surface area contributed by atoms with Gasteiger partial charge in [-0.1, -0.05) is 0 Å². The van der Waals surface area contributed by atoms with Crippen molar-refractivity contribution in [3.8, 4) is 23.0 Å². The molecule has 0 saturated heterocycles. The number of rotatable bonds is 8. The fourth-order valence-corrected chi connectivity index (χ4v) is 3.01. The number of carbonyl (C=O) groups is 2. The molecule has 166 valence electrons. The molecule has 0 fully saturated rings. The van der Waals surface area contributed by atoms with Crippen LogP contribution in [-0.2, 0) is 0 Å². The molecule has 0 unspecified atom stereocenters. The van der Waals surface area contributed by atoms with E-state index in [2.05, 4.69) is 10.6 Å². The first-order chi connectivity index (χ1) is 15.5. The number of ether oxygens (including phenoxy) is 4. The molecule has 3 rings (SSSR count). The van der Waals surface area contributed by atoms with Crippen molar-refractivity contribution in [2.75, 3.05) is 39.1 Å². The van der Waals surface area contributed by atoms with Crippen LogP contribution in [0.5, 0.6) is 23.0 Å². The molecule has 2 N–H and O–H groups in total. The Morgan fingerprint density at radius 1 is 0.531 bits per heavy atom. The minimum atomic E-state index is -0.316. The Hall–Kier alpha value is -4.20. The van der Waals surface area contributed by atoms with Crippen LogP contribution in [-0.4, -0.2) is 40.3 Å². The summed E-state index contributed by atoms with van der Waals surface area (Å²) in [5, 5.41) is 5.59. The second-order valence-electron chi connectivity index (χ2n) is 6.63. The molecule has 0 aliphatic carbocycles. The maximum absolute atomic E-state index is 12.6. The van der Waals surface area contributed by atoms with E-state index >= 15 is 0 Å². The number of anilines is 2. The highest BCUT2D eigenvalue weighted by atomic mass is 16.5. The molecule has 0 heterocycles. The minimum Gasteiger partial charge on any atom is -0.493 e. The number of nitrogens with one attached hydrogen (secondary N) is 2. The Morgan fingerprint density at radius 2 is 0.875 bits per heavy atom. The fourth-order valence-electron chi connectivity index (χ4n) is 3.01. The van der Waals surface area contributed by atoms with E-state index in [4.69, 9.17) is 18.9 Å². The van der Waals surface area contributed by atoms with E-state index in [0.717, 1.165) is 0 Å². The molecule has 2 amide bonds. The van der Waals surface area contributed by atoms with Gasteiger partial charge in [0.15, 0.2) is 23.0 Å². The molecule has 0 saturated carbocycles. The van der Waals surface area contributed by atoms with Crippen LogP contribution in [0.25, 0.3) is 0 Å². The van der Waals surface area contributed by atoms with Crippen molar-refractivity contribution in [1.29, 1.82) is 0 Å². The zero-order valence-corrected chi connectivity index (χ0v) is 18.2. The molecule has 0 bridgehead atoms. The topological polar surface area (TPSA) is 95.1 Å². The third kappa shape index (κ3) is 5.10. The summed E-state index contributed by atoms with van der Waals surface area (Å²) in [4.78, 5) is 25.1. The highest BCUT2D eigenvalue weighted by Crippen LogP contribution is 2.31. The summed E-state index contributed by atoms with van der Waals surface area (Å²) in [7, 11) is 6.13. The predicted molar refractivity (Wildman–Crippen MR) is 121 cm³/mol. The lowest BCUT2D eigenvalue weighted by Gasteiger charge is -2.11. The van der Waals surface area contributed by atoms with Crippen LogP contribution < -0.4 is 29.6 Å². The van der Waals surface area contributed by atoms with Crippen molar-refractivity contribution in [3.63, 3.8) is 0 Å². The average molecular weight is 436 g/mol. The molecular weight excluding hydrogens is 412 g/mol. The number of hydrogen-bond donors (Lipinski definition) is 2. The van der Waals surface area contributed by atoms with Crippen LogP contribution in [0.2, 0.25) is 0 Å². The second-order valence-corrected chi connectivity index (χ2v) is 6.63. The maximum Gasteiger partial charge on any atom is 0.255 e. The molecule has 0 aliphatic heterocycles. The molecule has 8 heteroatoms. The maximum atomic E-state index is 12.6. The smallest absolute Gasteiger partial charge is 0.255 e. The van der Waals surface area contributed by atoms with E-state index in [1.807, 2.05) is 0 Å². The Kier molecular flexibility index (Phi) is 7.17. The molecule has 0 spiro atoms. The summed E-state index contributed by atoms with van der Waals surface area (Å²) in [5.74, 6) is 1.51. The van der Waals surface area contributed by atoms with Crippen LogP contribution in [0, 0.1) is 0 Å². The largest absolute Gasteiger partial charge is 0.493 e. The van der Waals surface area contributed by atoms with E-state index in [9.17, 15) is 9.59 Å². The third-order valence-electron chi connectivity index (χ3n) is 4.69. The third-order valence-corrected chi connectivity index (χ3v) is 4.69. The quantitative estimate of drug-likeness (QED) is 0.549. The van der Waals surface area contributed by atoms with Gasteiger partial charge in [0.1, 0.15) is 0 Å². The molecule has 32 heavy (non-hydrogen) atoms. The van der Waals surface area contributed by atoms with Gasteiger partial charge < -0.3 is 29.6 Å². The first-order valence-electron chi connectivity index (χ1n) is 9.66. The number of carbonyl (C=O) groups excluding carboxylic acids is 2. The summed E-state index contributed by atoms with van der Waals surface area (Å²) in [5.41, 5.74) is 1.93. The molecule has 0 aliphatic rings. The molecule has 3 aromatic rings. The van der Waals surface area contributed by atoms with E-state index < -0.39 is 0 Å². The average Bonchev–Trinajstić information content (AvgIpc) is 2.83. The Labute approximate surface area is 186 Å². The van der Waals surface area contributed by atoms with Crippen LogP contribution in [0.1, 0.15) is 20.7 Å². The monoisotopic (exact) mass is 436 g/mol. The molecule has 0 atom stereocenters. The number of methoxy groups -OCH3 is 4. The zero-order chi connectivity index (χ0) is 23.1. The van der Waals surface area contributed by atoms with Crippen molar-refractivity contribution in [2.45, 2.75) is 0 Å². The number of hydrogen-bond acceptors (Lipinski definition) is 6. The van der Waals surface area contributed by atoms with Crippen molar-refractivity contribution < 1.29 is 28.5 Å². The van der Waals surface area contributed by atoms with Gasteiger partial charge in [-0.25, -0.2) is 0 Å². The Bertz CT molecular complexity index is 1020. The van der Waals surface area contributed by atoms with E-state index in [1.54, 1.807) is 74.9 Å². The highest BCUT2D eigenvalue weighted by molar-refractivity contribution is 6.07. The number of amides is 2. The van der Waals surface area contributed by atoms with E-state index in [0.29, 0.717) is 45.5 Å². The lowest BCUT2D eigenvalue weighted by Crippen LogP contribution is -2.14.